The number of aliphatic hydroxyl groups excluding tert-OH is 4. The molecule has 0 aliphatic carbocycles. The minimum Gasteiger partial charge on any atom is -0.387 e. The number of aromatic amines is 2. The summed E-state index contributed by atoms with van der Waals surface area (Å²) in [5.41, 5.74) is -3.64. The van der Waals surface area contributed by atoms with Crippen LogP contribution < -0.4 is 22.5 Å². The van der Waals surface area contributed by atoms with Crippen molar-refractivity contribution in [3.05, 3.63) is 66.2 Å². The number of unbranched alkanes of at least 4 members (excludes halogenated alkanes) is 12. The Balaban J connectivity index is 0. The van der Waals surface area contributed by atoms with Gasteiger partial charge in [0.25, 0.3) is 11.1 Å². The fourth-order valence-corrected chi connectivity index (χ4v) is 14.7. The van der Waals surface area contributed by atoms with Crippen LogP contribution in [-0.4, -0.2) is 215 Å². The highest BCUT2D eigenvalue weighted by Crippen LogP contribution is 2.70. The van der Waals surface area contributed by atoms with Crippen LogP contribution in [-0.2, 0) is 45.1 Å². The first-order chi connectivity index (χ1) is 47.6. The zero-order chi connectivity index (χ0) is 75.5. The maximum Gasteiger partial charge on any atom is 0.490 e. The first-order valence-electron chi connectivity index (χ1n) is 37.0. The molecule has 30 nitrogen and oxygen atoms in total. The van der Waals surface area contributed by atoms with Gasteiger partial charge in [-0.25, -0.2) is 27.6 Å². The van der Waals surface area contributed by atoms with Gasteiger partial charge in [-0.1, -0.05) is 160 Å². The van der Waals surface area contributed by atoms with Gasteiger partial charge in [0.15, 0.2) is 12.5 Å². The summed E-state index contributed by atoms with van der Waals surface area (Å²) in [5, 5.41) is 40.7. The Bertz CT molecular complexity index is 2570. The third-order valence-corrected chi connectivity index (χ3v) is 21.7. The number of aromatic nitrogens is 4. The number of nitrogens with one attached hydrogen (secondary N) is 2. The quantitative estimate of drug-likeness (QED) is 0.0217. The third kappa shape index (κ3) is 45.9. The van der Waals surface area contributed by atoms with Gasteiger partial charge >= 0.3 is 43.4 Å². The predicted octanol–water partition coefficient (Wildman–Crippen LogP) is 10.3. The van der Waals surface area contributed by atoms with Crippen LogP contribution >= 0.6 is 32.1 Å². The molecule has 4 rings (SSSR count). The Labute approximate surface area is 606 Å². The van der Waals surface area contributed by atoms with Gasteiger partial charge in [0.05, 0.1) is 13.2 Å². The fourth-order valence-electron chi connectivity index (χ4n) is 10.1. The minimum absolute atomic E-state index is 0. The molecule has 2 aromatic heterocycles. The monoisotopic (exact) mass is 1530 g/mol. The lowest BCUT2D eigenvalue weighted by Crippen LogP contribution is -2.37. The maximum atomic E-state index is 12.2. The van der Waals surface area contributed by atoms with Crippen LogP contribution in [0.2, 0.25) is 0 Å². The van der Waals surface area contributed by atoms with Crippen molar-refractivity contribution in [3.8, 4) is 0 Å². The minimum atomic E-state index is -6.08. The number of nitrogens with zero attached hydrogens (tertiary/aromatic N) is 6. The molecule has 12 atom stereocenters. The summed E-state index contributed by atoms with van der Waals surface area (Å²) in [5.74, 6) is 0. The van der Waals surface area contributed by atoms with Crippen LogP contribution in [0.5, 0.6) is 0 Å². The van der Waals surface area contributed by atoms with E-state index in [0.29, 0.717) is 9.13 Å². The molecule has 4 heterocycles. The molecule has 2 aliphatic heterocycles. The first-order valence-corrected chi connectivity index (χ1v) is 42.6. The highest BCUT2D eigenvalue weighted by Gasteiger charge is 2.49. The summed E-state index contributed by atoms with van der Waals surface area (Å²) in [6.07, 6.45) is 20.5. The van der Waals surface area contributed by atoms with Crippen LogP contribution in [0, 0.1) is 0 Å². The second-order valence-corrected chi connectivity index (χ2v) is 31.0. The van der Waals surface area contributed by atoms with E-state index in [2.05, 4.69) is 120 Å². The fraction of sp³-hybridized carbons (Fsp3) is 0.879. The van der Waals surface area contributed by atoms with Gasteiger partial charge in [-0.15, -0.1) is 0 Å². The van der Waals surface area contributed by atoms with E-state index in [0.717, 1.165) is 24.5 Å². The number of phosphoric acid groups is 3. The van der Waals surface area contributed by atoms with Crippen LogP contribution in [0.1, 0.15) is 250 Å². The van der Waals surface area contributed by atoms with Gasteiger partial charge < -0.3 is 73.6 Å². The Morgan fingerprint density at radius 1 is 0.416 bits per heavy atom. The van der Waals surface area contributed by atoms with E-state index in [-0.39, 0.29) is 8.41 Å². The Kier molecular flexibility index (Phi) is 59.7. The van der Waals surface area contributed by atoms with Crippen molar-refractivity contribution in [2.24, 2.45) is 0 Å². The second kappa shape index (κ2) is 59.8. The topological polar surface area (TPSA) is 400 Å². The standard InChI is InChI=1S/C18H26N4O22P4.4C12H27N.B/c23-9-1-3-21(17(29)19-9)15-13(27)11(25)7(40-15)5-38-45(31)42-47(34,35)44-48(36,37)43-46(32,33)39-6-8-12(26)14(28)16(41-8)22-4-2-10(24)20-18(22)30;4*1-4-7-10-13(11-8-5-2)12-9-6-3;/h1-4,7-8,11-16,25-28,31H,5-6H2,(H,32,33)(H,34,35)(H,36,37)(H,19,23,29)(H,20,24,30);4*4-12H2,1-3H3;/t7-,8-,11-,12-,13-,14-,15-,16-,45+;;;;;/m1...../s1. The number of ether oxygens (including phenoxy) is 2. The molecule has 2 saturated heterocycles. The molecule has 0 saturated carbocycles. The smallest absolute Gasteiger partial charge is 0.387 e. The highest BCUT2D eigenvalue weighted by atomic mass is 31.3. The summed E-state index contributed by atoms with van der Waals surface area (Å²) >= 11 is 0. The zero-order valence-corrected chi connectivity index (χ0v) is 66.7. The van der Waals surface area contributed by atoms with Crippen LogP contribution in [0.4, 0.5) is 0 Å². The van der Waals surface area contributed by atoms with Gasteiger partial charge in [-0.3, -0.25) is 33.2 Å². The second-order valence-electron chi connectivity index (χ2n) is 25.2. The molecule has 3 unspecified atom stereocenters. The largest absolute Gasteiger partial charge is 0.490 e. The summed E-state index contributed by atoms with van der Waals surface area (Å²) in [6, 6.07) is 1.80. The lowest BCUT2D eigenvalue weighted by atomic mass is 10.1. The van der Waals surface area contributed by atoms with Crippen molar-refractivity contribution in [2.75, 3.05) is 91.8 Å². The molecule has 2 aliphatic rings. The predicted molar refractivity (Wildman–Crippen MR) is 399 cm³/mol. The van der Waals surface area contributed by atoms with Crippen molar-refractivity contribution >= 4 is 40.5 Å². The van der Waals surface area contributed by atoms with Crippen molar-refractivity contribution in [1.82, 2.24) is 38.7 Å². The number of rotatable bonds is 50. The van der Waals surface area contributed by atoms with Crippen molar-refractivity contribution in [2.45, 2.75) is 286 Å². The Morgan fingerprint density at radius 3 is 0.911 bits per heavy atom. The van der Waals surface area contributed by atoms with Crippen molar-refractivity contribution < 1.29 is 85.1 Å². The number of aliphatic hydroxyl groups is 4. The molecule has 35 heteroatoms. The SMILES string of the molecule is CCCCN(CCCC)CCCC.CCCCN(CCCC)CCCC.CCCCN(CCCC)CCCC.CCCCN(CCCC)CCCC.O=c1ccn([C@@H]2O[C@H](CO[P@](O)OP(=O)(O)OP(=O)(O)OP(=O)(O)OC[C@H]3O[C@@H](n4ccc(=O)[nH]c4=O)[C@H](O)[C@@H]3O)[C@@H](O)[C@H]2O)c(=O)[nH]1.[B]. The molecule has 593 valence electrons. The van der Waals surface area contributed by atoms with Gasteiger partial charge in [-0.05, 0) is 156 Å². The lowest BCUT2D eigenvalue weighted by Gasteiger charge is -2.21. The molecular formula is C66H134BN8O22P4. The zero-order valence-electron chi connectivity index (χ0n) is 63.1. The Morgan fingerprint density at radius 2 is 0.663 bits per heavy atom. The summed E-state index contributed by atoms with van der Waals surface area (Å²) in [7, 11) is -21.2. The number of H-pyrrole nitrogens is 2. The molecule has 0 spiro atoms. The number of hydrogen-bond donors (Lipinski definition) is 10. The van der Waals surface area contributed by atoms with E-state index in [4.69, 9.17) is 14.0 Å². The lowest BCUT2D eigenvalue weighted by molar-refractivity contribution is -0.0542. The summed E-state index contributed by atoms with van der Waals surface area (Å²) in [6.45, 7) is 41.0. The van der Waals surface area contributed by atoms with Gasteiger partial charge in [0.1, 0.15) is 36.6 Å². The average molecular weight is 1530 g/mol. The molecule has 0 amide bonds. The normalized spacial score (nSPS) is 20.9. The maximum absolute atomic E-state index is 12.2. The van der Waals surface area contributed by atoms with E-state index in [1.54, 1.807) is 0 Å². The molecule has 3 radical (unpaired) electrons. The van der Waals surface area contributed by atoms with Crippen LogP contribution in [0.3, 0.4) is 0 Å². The molecule has 101 heavy (non-hydrogen) atoms. The van der Waals surface area contributed by atoms with Gasteiger partial charge in [0.2, 0.25) is 0 Å². The molecule has 2 aromatic rings. The first kappa shape index (κ1) is 101. The summed E-state index contributed by atoms with van der Waals surface area (Å²) in [4.78, 5) is 99.8. The highest BCUT2D eigenvalue weighted by molar-refractivity contribution is 7.69. The van der Waals surface area contributed by atoms with Crippen molar-refractivity contribution in [1.29, 1.82) is 0 Å². The van der Waals surface area contributed by atoms with E-state index in [9.17, 15) is 72.9 Å². The van der Waals surface area contributed by atoms with Gasteiger partial charge in [0, 0.05) is 32.9 Å². The van der Waals surface area contributed by atoms with Crippen LogP contribution in [0.25, 0.3) is 0 Å². The third-order valence-electron chi connectivity index (χ3n) is 16.2. The molecule has 10 N–H and O–H groups in total. The average Bonchev–Trinajstić information content (AvgIpc) is 1.74. The van der Waals surface area contributed by atoms with Crippen molar-refractivity contribution in [3.63, 3.8) is 0 Å². The van der Waals surface area contributed by atoms with Gasteiger partial charge in [-0.2, -0.15) is 8.62 Å². The molecule has 2 fully saturated rings. The number of phosphoric ester groups is 1. The molecule has 0 bridgehead atoms. The van der Waals surface area contributed by atoms with Crippen LogP contribution in [0.15, 0.2) is 43.7 Å². The number of hydrogen-bond acceptors (Lipinski definition) is 23. The molecular weight excluding hydrogens is 1390 g/mol. The Hall–Kier alpha value is -2.22. The van der Waals surface area contributed by atoms with E-state index in [1.165, 1.54) is 233 Å². The van der Waals surface area contributed by atoms with E-state index in [1.807, 2.05) is 9.97 Å². The van der Waals surface area contributed by atoms with E-state index < -0.39 is 117 Å². The molecule has 0 aromatic carbocycles. The van der Waals surface area contributed by atoms with E-state index >= 15 is 0 Å². The summed E-state index contributed by atoms with van der Waals surface area (Å²) < 4.78 is 69.3.